The first-order chi connectivity index (χ1) is 14.6. The smallest absolute Gasteiger partial charge is 0.373 e. The van der Waals surface area contributed by atoms with Gasteiger partial charge in [0, 0.05) is 0 Å². The van der Waals surface area contributed by atoms with Gasteiger partial charge in [-0.25, -0.2) is 0 Å². The zero-order valence-corrected chi connectivity index (χ0v) is 17.1. The van der Waals surface area contributed by atoms with Crippen LogP contribution in [0.15, 0.2) is 24.3 Å². The highest BCUT2D eigenvalue weighted by molar-refractivity contribution is 5.55. The van der Waals surface area contributed by atoms with Crippen molar-refractivity contribution >= 4 is 6.15 Å². The Labute approximate surface area is 174 Å². The number of aryl methyl sites for hydroxylation is 1. The normalized spacial score (nSPS) is 12.8. The Hall–Kier alpha value is -3.42. The van der Waals surface area contributed by atoms with Crippen LogP contribution < -0.4 is 28.4 Å². The molecule has 0 radical (unpaired) electrons. The molecule has 0 aliphatic carbocycles. The summed E-state index contributed by atoms with van der Waals surface area (Å²) in [6, 6.07) is 7.40. The van der Waals surface area contributed by atoms with E-state index in [1.807, 2.05) is 19.1 Å². The highest BCUT2D eigenvalue weighted by Crippen LogP contribution is 2.41. The van der Waals surface area contributed by atoms with E-state index in [-0.39, 0.29) is 12.8 Å². The van der Waals surface area contributed by atoms with E-state index in [1.54, 1.807) is 26.4 Å². The predicted octanol–water partition coefficient (Wildman–Crippen LogP) is 2.15. The van der Waals surface area contributed by atoms with Crippen molar-refractivity contribution in [1.29, 1.82) is 0 Å². The van der Waals surface area contributed by atoms with E-state index < -0.39 is 0 Å². The Morgan fingerprint density at radius 3 is 1.80 bits per heavy atom. The zero-order chi connectivity index (χ0) is 21.9. The van der Waals surface area contributed by atoms with Gasteiger partial charge in [-0.05, 0) is 42.3 Å². The molecule has 0 aromatic heterocycles. The molecule has 0 atom stereocenters. The molecule has 0 bridgehead atoms. The Kier molecular flexibility index (Phi) is 8.80. The van der Waals surface area contributed by atoms with E-state index in [4.69, 9.17) is 43.1 Å². The molecular formula is C21H24O9. The van der Waals surface area contributed by atoms with Gasteiger partial charge in [0.2, 0.25) is 11.5 Å². The molecule has 0 unspecified atom stereocenters. The van der Waals surface area contributed by atoms with Gasteiger partial charge in [-0.15, -0.1) is 0 Å². The van der Waals surface area contributed by atoms with E-state index in [1.165, 1.54) is 0 Å². The van der Waals surface area contributed by atoms with E-state index in [2.05, 4.69) is 0 Å². The van der Waals surface area contributed by atoms with Gasteiger partial charge >= 0.3 is 6.15 Å². The van der Waals surface area contributed by atoms with Crippen LogP contribution >= 0.6 is 0 Å². The summed E-state index contributed by atoms with van der Waals surface area (Å²) in [6.45, 7) is 4.23. The van der Waals surface area contributed by atoms with Crippen LogP contribution in [0, 0.1) is 6.92 Å². The monoisotopic (exact) mass is 420 g/mol. The van der Waals surface area contributed by atoms with E-state index in [9.17, 15) is 0 Å². The lowest BCUT2D eigenvalue weighted by atomic mass is 10.2. The first-order valence-electron chi connectivity index (χ1n) is 9.08. The van der Waals surface area contributed by atoms with Crippen LogP contribution in [0.5, 0.6) is 34.5 Å². The van der Waals surface area contributed by atoms with Gasteiger partial charge < -0.3 is 33.5 Å². The third-order valence-corrected chi connectivity index (χ3v) is 4.04. The Morgan fingerprint density at radius 2 is 1.30 bits per heavy atom. The predicted molar refractivity (Wildman–Crippen MR) is 104 cm³/mol. The van der Waals surface area contributed by atoms with Crippen molar-refractivity contribution in [3.63, 3.8) is 0 Å². The standard InChI is InChI=1S/C10H12O4.C10H12O3.CO2/c1-12-8-4-7(6-11)5-9-10(8)14-3-2-13-9;1-7-5-8(11-2)10-9(6-7)12-3-4-13-10;2-1-3/h4-5,11H,2-3,6H2,1H3;5-6H,3-4H2,1-2H3;. The number of methoxy groups -OCH3 is 2. The molecule has 0 saturated heterocycles. The summed E-state index contributed by atoms with van der Waals surface area (Å²) < 4.78 is 32.0. The minimum Gasteiger partial charge on any atom is -0.493 e. The van der Waals surface area contributed by atoms with Crippen molar-refractivity contribution in [1.82, 2.24) is 0 Å². The van der Waals surface area contributed by atoms with Gasteiger partial charge in [0.25, 0.3) is 0 Å². The van der Waals surface area contributed by atoms with Crippen LogP contribution in [0.4, 0.5) is 0 Å². The molecule has 0 fully saturated rings. The van der Waals surface area contributed by atoms with E-state index in [0.717, 1.165) is 28.4 Å². The van der Waals surface area contributed by atoms with E-state index >= 15 is 0 Å². The molecule has 0 amide bonds. The average molecular weight is 420 g/mol. The van der Waals surface area contributed by atoms with Crippen LogP contribution in [-0.4, -0.2) is 51.9 Å². The lowest BCUT2D eigenvalue weighted by Gasteiger charge is -2.21. The molecule has 30 heavy (non-hydrogen) atoms. The Bertz CT molecular complexity index is 839. The van der Waals surface area contributed by atoms with Gasteiger partial charge in [0.1, 0.15) is 26.4 Å². The summed E-state index contributed by atoms with van der Waals surface area (Å²) in [4.78, 5) is 16.2. The summed E-state index contributed by atoms with van der Waals surface area (Å²) in [5.74, 6) is 4.11. The van der Waals surface area contributed by atoms with Crippen molar-refractivity contribution in [2.45, 2.75) is 13.5 Å². The maximum atomic E-state index is 9.01. The minimum atomic E-state index is -0.0347. The topological polar surface area (TPSA) is 110 Å². The van der Waals surface area contributed by atoms with Gasteiger partial charge in [0.15, 0.2) is 23.0 Å². The van der Waals surface area contributed by atoms with Crippen molar-refractivity contribution in [3.05, 3.63) is 35.4 Å². The number of aliphatic hydroxyl groups is 1. The minimum absolute atomic E-state index is 0.0347. The molecule has 2 heterocycles. The quantitative estimate of drug-likeness (QED) is 0.799. The molecule has 2 aromatic carbocycles. The summed E-state index contributed by atoms with van der Waals surface area (Å²) in [7, 11) is 3.20. The number of hydrogen-bond donors (Lipinski definition) is 1. The van der Waals surface area contributed by atoms with Crippen LogP contribution in [0.3, 0.4) is 0 Å². The number of hydrogen-bond acceptors (Lipinski definition) is 9. The molecule has 1 N–H and O–H groups in total. The molecule has 9 nitrogen and oxygen atoms in total. The molecule has 0 spiro atoms. The second kappa shape index (κ2) is 11.5. The first kappa shape index (κ1) is 22.9. The summed E-state index contributed by atoms with van der Waals surface area (Å²) in [5, 5.41) is 9.01. The van der Waals surface area contributed by atoms with Gasteiger partial charge in [0.05, 0.1) is 20.8 Å². The van der Waals surface area contributed by atoms with Crippen molar-refractivity contribution in [2.24, 2.45) is 0 Å². The number of ether oxygens (including phenoxy) is 6. The summed E-state index contributed by atoms with van der Waals surface area (Å²) in [6.07, 6.45) is 0.250. The number of aliphatic hydroxyl groups excluding tert-OH is 1. The van der Waals surface area contributed by atoms with E-state index in [0.29, 0.717) is 43.7 Å². The van der Waals surface area contributed by atoms with Crippen LogP contribution in [-0.2, 0) is 16.2 Å². The number of fused-ring (bicyclic) bond motifs is 2. The maximum Gasteiger partial charge on any atom is 0.373 e. The molecule has 4 rings (SSSR count). The lowest BCUT2D eigenvalue weighted by molar-refractivity contribution is -0.191. The largest absolute Gasteiger partial charge is 0.493 e. The fourth-order valence-corrected chi connectivity index (χ4v) is 2.82. The third kappa shape index (κ3) is 5.79. The molecule has 2 aliphatic heterocycles. The highest BCUT2D eigenvalue weighted by atomic mass is 16.6. The lowest BCUT2D eigenvalue weighted by Crippen LogP contribution is -2.16. The fraction of sp³-hybridized carbons (Fsp3) is 0.381. The first-order valence-corrected chi connectivity index (χ1v) is 9.08. The molecule has 0 saturated carbocycles. The summed E-state index contributed by atoms with van der Waals surface area (Å²) >= 11 is 0. The number of benzene rings is 2. The van der Waals surface area contributed by atoms with Crippen molar-refractivity contribution < 1.29 is 43.1 Å². The average Bonchev–Trinajstić information content (AvgIpc) is 2.78. The van der Waals surface area contributed by atoms with Gasteiger partial charge in [-0.2, -0.15) is 9.59 Å². The van der Waals surface area contributed by atoms with Crippen LogP contribution in [0.2, 0.25) is 0 Å². The van der Waals surface area contributed by atoms with Gasteiger partial charge in [-0.1, -0.05) is 0 Å². The van der Waals surface area contributed by atoms with Crippen LogP contribution in [0.1, 0.15) is 11.1 Å². The third-order valence-electron chi connectivity index (χ3n) is 4.04. The second-order valence-corrected chi connectivity index (χ2v) is 6.06. The molecular weight excluding hydrogens is 396 g/mol. The number of carbonyl (C=O) groups excluding carboxylic acids is 2. The highest BCUT2D eigenvalue weighted by Gasteiger charge is 2.18. The Balaban J connectivity index is 0.000000190. The molecule has 2 aromatic rings. The number of rotatable bonds is 3. The maximum absolute atomic E-state index is 9.01. The van der Waals surface area contributed by atoms with Crippen LogP contribution in [0.25, 0.3) is 0 Å². The molecule has 2 aliphatic rings. The second-order valence-electron chi connectivity index (χ2n) is 6.06. The fourth-order valence-electron chi connectivity index (χ4n) is 2.82. The summed E-state index contributed by atoms with van der Waals surface area (Å²) in [5.41, 5.74) is 1.87. The van der Waals surface area contributed by atoms with Crippen molar-refractivity contribution in [3.8, 4) is 34.5 Å². The van der Waals surface area contributed by atoms with Crippen molar-refractivity contribution in [2.75, 3.05) is 40.6 Å². The SMILES string of the molecule is COc1cc(C)cc2c1OCCO2.COc1cc(CO)cc2c1OCCO2.O=C=O. The van der Waals surface area contributed by atoms with Gasteiger partial charge in [-0.3, -0.25) is 0 Å². The molecule has 9 heteroatoms. The zero-order valence-electron chi connectivity index (χ0n) is 17.1. The molecule has 162 valence electrons. The Morgan fingerprint density at radius 1 is 0.833 bits per heavy atom.